The van der Waals surface area contributed by atoms with Gasteiger partial charge < -0.3 is 10.5 Å². The first kappa shape index (κ1) is 10.9. The maximum Gasteiger partial charge on any atom is 0.124 e. The van der Waals surface area contributed by atoms with Crippen LogP contribution in [0.15, 0.2) is 18.2 Å². The van der Waals surface area contributed by atoms with E-state index in [0.29, 0.717) is 0 Å². The van der Waals surface area contributed by atoms with Crippen molar-refractivity contribution < 1.29 is 4.74 Å². The Morgan fingerprint density at radius 2 is 2.14 bits per heavy atom. The third-order valence-electron chi connectivity index (χ3n) is 2.24. The quantitative estimate of drug-likeness (QED) is 0.745. The van der Waals surface area contributed by atoms with Gasteiger partial charge in [-0.05, 0) is 31.9 Å². The zero-order valence-electron chi connectivity index (χ0n) is 9.21. The van der Waals surface area contributed by atoms with Crippen molar-refractivity contribution in [1.82, 2.24) is 0 Å². The second kappa shape index (κ2) is 4.89. The Balaban J connectivity index is 2.70. The molecule has 0 aliphatic carbocycles. The fourth-order valence-corrected chi connectivity index (χ4v) is 1.43. The normalized spacial score (nSPS) is 12.5. The Labute approximate surface area is 86.1 Å². The maximum atomic E-state index is 5.79. The third kappa shape index (κ3) is 2.95. The number of rotatable bonds is 4. The summed E-state index contributed by atoms with van der Waals surface area (Å²) in [6.45, 7) is 6.28. The molecule has 2 heteroatoms. The molecular weight excluding hydrogens is 174 g/mol. The van der Waals surface area contributed by atoms with Crippen molar-refractivity contribution in [1.29, 1.82) is 0 Å². The fraction of sp³-hybridized carbons (Fsp3) is 0.500. The van der Waals surface area contributed by atoms with Crippen LogP contribution in [0, 0.1) is 6.92 Å². The first-order chi connectivity index (χ1) is 6.63. The van der Waals surface area contributed by atoms with Gasteiger partial charge in [-0.25, -0.2) is 0 Å². The predicted octanol–water partition coefficient (Wildman–Crippen LogP) is 3.14. The van der Waals surface area contributed by atoms with Crippen molar-refractivity contribution in [3.8, 4) is 5.75 Å². The lowest BCUT2D eigenvalue weighted by Crippen LogP contribution is -2.11. The van der Waals surface area contributed by atoms with Crippen LogP contribution in [0.1, 0.15) is 32.3 Å². The predicted molar refractivity (Wildman–Crippen MR) is 60.6 cm³/mol. The highest BCUT2D eigenvalue weighted by Gasteiger charge is 2.05. The minimum Gasteiger partial charge on any atom is -0.490 e. The average molecular weight is 193 g/mol. The number of nitrogens with two attached hydrogens (primary N) is 1. The smallest absolute Gasteiger partial charge is 0.124 e. The van der Waals surface area contributed by atoms with Crippen molar-refractivity contribution in [3.63, 3.8) is 0 Å². The highest BCUT2D eigenvalue weighted by molar-refractivity contribution is 5.47. The lowest BCUT2D eigenvalue weighted by Gasteiger charge is -2.15. The number of nitrogen functional groups attached to an aromatic ring is 1. The molecule has 0 amide bonds. The molecule has 78 valence electrons. The van der Waals surface area contributed by atoms with Crippen molar-refractivity contribution >= 4 is 5.69 Å². The standard InChI is InChI=1S/C12H19NO/c1-4-5-10(3)14-12-8-11(13)7-6-9(12)2/h6-8,10H,4-5,13H2,1-3H3. The van der Waals surface area contributed by atoms with E-state index in [0.717, 1.165) is 29.8 Å². The van der Waals surface area contributed by atoms with Crippen molar-refractivity contribution in [2.24, 2.45) is 0 Å². The topological polar surface area (TPSA) is 35.2 Å². The van der Waals surface area contributed by atoms with Gasteiger partial charge in [0.05, 0.1) is 6.10 Å². The summed E-state index contributed by atoms with van der Waals surface area (Å²) >= 11 is 0. The van der Waals surface area contributed by atoms with E-state index in [1.54, 1.807) is 0 Å². The molecule has 0 aromatic heterocycles. The molecule has 2 nitrogen and oxygen atoms in total. The Bertz CT molecular complexity index is 296. The number of anilines is 1. The van der Waals surface area contributed by atoms with E-state index in [4.69, 9.17) is 10.5 Å². The zero-order valence-corrected chi connectivity index (χ0v) is 9.21. The van der Waals surface area contributed by atoms with Crippen LogP contribution in [0.3, 0.4) is 0 Å². The molecule has 0 aliphatic heterocycles. The van der Waals surface area contributed by atoms with Crippen LogP contribution in [0.4, 0.5) is 5.69 Å². The van der Waals surface area contributed by atoms with E-state index < -0.39 is 0 Å². The first-order valence-electron chi connectivity index (χ1n) is 5.16. The minimum atomic E-state index is 0.264. The van der Waals surface area contributed by atoms with Gasteiger partial charge in [0, 0.05) is 11.8 Å². The molecule has 0 saturated carbocycles. The summed E-state index contributed by atoms with van der Waals surface area (Å²) < 4.78 is 5.79. The Morgan fingerprint density at radius 3 is 2.79 bits per heavy atom. The van der Waals surface area contributed by atoms with Gasteiger partial charge in [0.25, 0.3) is 0 Å². The van der Waals surface area contributed by atoms with Gasteiger partial charge in [-0.3, -0.25) is 0 Å². The SMILES string of the molecule is CCCC(C)Oc1cc(N)ccc1C. The van der Waals surface area contributed by atoms with Gasteiger partial charge in [0.1, 0.15) is 5.75 Å². The molecule has 1 aromatic carbocycles. The first-order valence-corrected chi connectivity index (χ1v) is 5.16. The summed E-state index contributed by atoms with van der Waals surface area (Å²) in [4.78, 5) is 0. The number of hydrogen-bond donors (Lipinski definition) is 1. The number of hydrogen-bond acceptors (Lipinski definition) is 2. The molecule has 0 bridgehead atoms. The molecule has 1 atom stereocenters. The molecular formula is C12H19NO. The van der Waals surface area contributed by atoms with Crippen molar-refractivity contribution in [2.45, 2.75) is 39.7 Å². The van der Waals surface area contributed by atoms with Gasteiger partial charge in [0.2, 0.25) is 0 Å². The van der Waals surface area contributed by atoms with Crippen LogP contribution in [0.25, 0.3) is 0 Å². The van der Waals surface area contributed by atoms with Gasteiger partial charge in [0.15, 0.2) is 0 Å². The zero-order chi connectivity index (χ0) is 10.6. The lowest BCUT2D eigenvalue weighted by atomic mass is 10.2. The summed E-state index contributed by atoms with van der Waals surface area (Å²) in [5.74, 6) is 0.908. The highest BCUT2D eigenvalue weighted by Crippen LogP contribution is 2.22. The van der Waals surface area contributed by atoms with Crippen molar-refractivity contribution in [2.75, 3.05) is 5.73 Å². The largest absolute Gasteiger partial charge is 0.490 e. The summed E-state index contributed by atoms with van der Waals surface area (Å²) in [6, 6.07) is 5.78. The van der Waals surface area contributed by atoms with E-state index in [1.807, 2.05) is 25.1 Å². The lowest BCUT2D eigenvalue weighted by molar-refractivity contribution is 0.208. The molecule has 0 spiro atoms. The molecule has 0 heterocycles. The Kier molecular flexibility index (Phi) is 3.81. The van der Waals surface area contributed by atoms with Crippen LogP contribution in [-0.4, -0.2) is 6.10 Å². The van der Waals surface area contributed by atoms with Crippen LogP contribution >= 0.6 is 0 Å². The molecule has 0 radical (unpaired) electrons. The molecule has 0 saturated heterocycles. The number of aryl methyl sites for hydroxylation is 1. The summed E-state index contributed by atoms with van der Waals surface area (Å²) in [7, 11) is 0. The van der Waals surface area contributed by atoms with Gasteiger partial charge in [-0.15, -0.1) is 0 Å². The third-order valence-corrected chi connectivity index (χ3v) is 2.24. The molecule has 14 heavy (non-hydrogen) atoms. The second-order valence-electron chi connectivity index (χ2n) is 3.74. The van der Waals surface area contributed by atoms with Gasteiger partial charge >= 0.3 is 0 Å². The van der Waals surface area contributed by atoms with Crippen LogP contribution in [0.2, 0.25) is 0 Å². The summed E-state index contributed by atoms with van der Waals surface area (Å²) in [6.07, 6.45) is 2.48. The van der Waals surface area contributed by atoms with Crippen LogP contribution in [-0.2, 0) is 0 Å². The van der Waals surface area contributed by atoms with E-state index in [1.165, 1.54) is 0 Å². The van der Waals surface area contributed by atoms with E-state index in [2.05, 4.69) is 13.8 Å². The van der Waals surface area contributed by atoms with E-state index in [9.17, 15) is 0 Å². The maximum absolute atomic E-state index is 5.79. The number of benzene rings is 1. The Morgan fingerprint density at radius 1 is 1.43 bits per heavy atom. The van der Waals surface area contributed by atoms with Gasteiger partial charge in [-0.2, -0.15) is 0 Å². The van der Waals surface area contributed by atoms with Crippen LogP contribution < -0.4 is 10.5 Å². The van der Waals surface area contributed by atoms with E-state index >= 15 is 0 Å². The summed E-state index contributed by atoms with van der Waals surface area (Å²) in [5.41, 5.74) is 7.60. The summed E-state index contributed by atoms with van der Waals surface area (Å²) in [5, 5.41) is 0. The molecule has 0 fully saturated rings. The van der Waals surface area contributed by atoms with Gasteiger partial charge in [-0.1, -0.05) is 19.4 Å². The minimum absolute atomic E-state index is 0.264. The van der Waals surface area contributed by atoms with Crippen LogP contribution in [0.5, 0.6) is 5.75 Å². The highest BCUT2D eigenvalue weighted by atomic mass is 16.5. The number of ether oxygens (including phenoxy) is 1. The fourth-order valence-electron chi connectivity index (χ4n) is 1.43. The monoisotopic (exact) mass is 193 g/mol. The van der Waals surface area contributed by atoms with Crippen molar-refractivity contribution in [3.05, 3.63) is 23.8 Å². The Hall–Kier alpha value is -1.18. The molecule has 1 rings (SSSR count). The molecule has 2 N–H and O–H groups in total. The average Bonchev–Trinajstić information content (AvgIpc) is 2.12. The van der Waals surface area contributed by atoms with E-state index in [-0.39, 0.29) is 6.10 Å². The molecule has 1 aromatic rings. The second-order valence-corrected chi connectivity index (χ2v) is 3.74. The molecule has 1 unspecified atom stereocenters. The molecule has 0 aliphatic rings.